The van der Waals surface area contributed by atoms with Crippen LogP contribution in [0.1, 0.15) is 19.4 Å². The van der Waals surface area contributed by atoms with E-state index in [9.17, 15) is 9.59 Å². The fourth-order valence-electron chi connectivity index (χ4n) is 3.62. The Hall–Kier alpha value is -3.64. The molecule has 0 saturated carbocycles. The summed E-state index contributed by atoms with van der Waals surface area (Å²) >= 11 is 1.28. The van der Waals surface area contributed by atoms with Crippen molar-refractivity contribution < 1.29 is 9.59 Å². The van der Waals surface area contributed by atoms with Gasteiger partial charge in [0.05, 0.1) is 11.4 Å². The van der Waals surface area contributed by atoms with Gasteiger partial charge in [-0.2, -0.15) is 0 Å². The third-order valence-corrected chi connectivity index (χ3v) is 6.01. The number of nitrogens with zero attached hydrogens (tertiary/aromatic N) is 3. The lowest BCUT2D eigenvalue weighted by Gasteiger charge is -2.27. The topological polar surface area (TPSA) is 53.0 Å². The van der Waals surface area contributed by atoms with Crippen LogP contribution in [0, 0.1) is 0 Å². The second kappa shape index (κ2) is 10.3. The fourth-order valence-corrected chi connectivity index (χ4v) is 4.49. The standard InChI is InChI=1S/C27H25N3O2S/c1-20(2)29(22-14-8-4-9-15-22)25(31)19-33-27-28-24(18-21-12-6-3-7-13-21)26(32)30(27)23-16-10-5-11-17-23/h3-18,20H,19H2,1-2H3/b24-18-. The molecule has 0 fully saturated rings. The van der Waals surface area contributed by atoms with Gasteiger partial charge in [0.25, 0.3) is 5.91 Å². The Kier molecular flexibility index (Phi) is 7.05. The van der Waals surface area contributed by atoms with Crippen molar-refractivity contribution in [3.8, 4) is 0 Å². The predicted molar refractivity (Wildman–Crippen MR) is 137 cm³/mol. The largest absolute Gasteiger partial charge is 0.309 e. The number of para-hydroxylation sites is 2. The van der Waals surface area contributed by atoms with Crippen molar-refractivity contribution in [2.45, 2.75) is 19.9 Å². The molecule has 0 spiro atoms. The SMILES string of the molecule is CC(C)N(C(=O)CSC1=N/C(=C\c2ccccc2)C(=O)N1c1ccccc1)c1ccccc1. The maximum Gasteiger partial charge on any atom is 0.283 e. The number of benzene rings is 3. The molecule has 0 radical (unpaired) electrons. The molecule has 0 unspecified atom stereocenters. The van der Waals surface area contributed by atoms with Crippen molar-refractivity contribution in [1.29, 1.82) is 0 Å². The molecule has 0 saturated heterocycles. The van der Waals surface area contributed by atoms with Gasteiger partial charge in [-0.15, -0.1) is 0 Å². The van der Waals surface area contributed by atoms with Crippen LogP contribution in [-0.2, 0) is 9.59 Å². The Morgan fingerprint density at radius 3 is 2.12 bits per heavy atom. The van der Waals surface area contributed by atoms with Crippen molar-refractivity contribution >= 4 is 46.2 Å². The first-order chi connectivity index (χ1) is 16.0. The van der Waals surface area contributed by atoms with Crippen LogP contribution in [0.4, 0.5) is 11.4 Å². The van der Waals surface area contributed by atoms with Crippen LogP contribution in [-0.4, -0.2) is 28.8 Å². The Morgan fingerprint density at radius 1 is 0.939 bits per heavy atom. The number of anilines is 2. The van der Waals surface area contributed by atoms with Gasteiger partial charge in [0.2, 0.25) is 5.91 Å². The number of aliphatic imine (C=N–C) groups is 1. The molecular weight excluding hydrogens is 430 g/mol. The zero-order valence-corrected chi connectivity index (χ0v) is 19.4. The smallest absolute Gasteiger partial charge is 0.283 e. The highest BCUT2D eigenvalue weighted by Gasteiger charge is 2.33. The first-order valence-corrected chi connectivity index (χ1v) is 11.8. The number of hydrogen-bond acceptors (Lipinski definition) is 4. The van der Waals surface area contributed by atoms with Gasteiger partial charge in [0, 0.05) is 11.7 Å². The number of amidine groups is 1. The van der Waals surface area contributed by atoms with Crippen molar-refractivity contribution in [3.05, 3.63) is 102 Å². The van der Waals surface area contributed by atoms with Crippen molar-refractivity contribution in [3.63, 3.8) is 0 Å². The van der Waals surface area contributed by atoms with Crippen molar-refractivity contribution in [1.82, 2.24) is 0 Å². The lowest BCUT2D eigenvalue weighted by molar-refractivity contribution is -0.116. The highest BCUT2D eigenvalue weighted by Crippen LogP contribution is 2.30. The number of carbonyl (C=O) groups excluding carboxylic acids is 2. The molecule has 3 aromatic rings. The van der Waals surface area contributed by atoms with Crippen LogP contribution in [0.3, 0.4) is 0 Å². The Morgan fingerprint density at radius 2 is 1.52 bits per heavy atom. The molecule has 33 heavy (non-hydrogen) atoms. The normalized spacial score (nSPS) is 14.6. The van der Waals surface area contributed by atoms with E-state index in [0.717, 1.165) is 16.9 Å². The Labute approximate surface area is 198 Å². The molecule has 1 heterocycles. The summed E-state index contributed by atoms with van der Waals surface area (Å²) < 4.78 is 0. The van der Waals surface area contributed by atoms with Crippen LogP contribution in [0.5, 0.6) is 0 Å². The second-order valence-corrected chi connectivity index (χ2v) is 8.73. The van der Waals surface area contributed by atoms with Gasteiger partial charge in [-0.3, -0.25) is 14.5 Å². The lowest BCUT2D eigenvalue weighted by Crippen LogP contribution is -2.39. The lowest BCUT2D eigenvalue weighted by atomic mass is 10.2. The number of carbonyl (C=O) groups is 2. The summed E-state index contributed by atoms with van der Waals surface area (Å²) in [6.45, 7) is 3.98. The van der Waals surface area contributed by atoms with E-state index in [4.69, 9.17) is 0 Å². The second-order valence-electron chi connectivity index (χ2n) is 7.79. The number of hydrogen-bond donors (Lipinski definition) is 0. The molecule has 5 nitrogen and oxygen atoms in total. The molecule has 6 heteroatoms. The number of rotatable bonds is 6. The molecule has 0 N–H and O–H groups in total. The minimum absolute atomic E-state index is 0.00594. The summed E-state index contributed by atoms with van der Waals surface area (Å²) in [6.07, 6.45) is 1.78. The molecule has 0 atom stereocenters. The van der Waals surface area contributed by atoms with Crippen LogP contribution < -0.4 is 9.80 Å². The fraction of sp³-hybridized carbons (Fsp3) is 0.148. The van der Waals surface area contributed by atoms with Gasteiger partial charge in [0.1, 0.15) is 5.70 Å². The van der Waals surface area contributed by atoms with Gasteiger partial charge < -0.3 is 4.90 Å². The van der Waals surface area contributed by atoms with Gasteiger partial charge in [-0.05, 0) is 49.8 Å². The molecule has 3 aromatic carbocycles. The molecule has 166 valence electrons. The highest BCUT2D eigenvalue weighted by molar-refractivity contribution is 8.14. The summed E-state index contributed by atoms with van der Waals surface area (Å²) in [7, 11) is 0. The minimum atomic E-state index is -0.205. The van der Waals surface area contributed by atoms with Crippen molar-refractivity contribution in [2.75, 3.05) is 15.6 Å². The zero-order chi connectivity index (χ0) is 23.2. The summed E-state index contributed by atoms with van der Waals surface area (Å²) in [6, 6.07) is 28.6. The van der Waals surface area contributed by atoms with E-state index >= 15 is 0 Å². The van der Waals surface area contributed by atoms with Crippen LogP contribution >= 0.6 is 11.8 Å². The van der Waals surface area contributed by atoms with Gasteiger partial charge in [-0.25, -0.2) is 4.99 Å². The molecule has 1 aliphatic heterocycles. The quantitative estimate of drug-likeness (QED) is 0.454. The number of amides is 2. The molecule has 0 bridgehead atoms. The molecule has 2 amide bonds. The van der Waals surface area contributed by atoms with Crippen molar-refractivity contribution in [2.24, 2.45) is 4.99 Å². The first-order valence-electron chi connectivity index (χ1n) is 10.8. The molecule has 1 aliphatic rings. The van der Waals surface area contributed by atoms with E-state index in [0.29, 0.717) is 10.9 Å². The Balaban J connectivity index is 1.60. The van der Waals surface area contributed by atoms with Crippen LogP contribution in [0.25, 0.3) is 6.08 Å². The van der Waals surface area contributed by atoms with Gasteiger partial charge >= 0.3 is 0 Å². The third-order valence-electron chi connectivity index (χ3n) is 5.09. The molecule has 4 rings (SSSR count). The van der Waals surface area contributed by atoms with Crippen LogP contribution in [0.2, 0.25) is 0 Å². The molecule has 0 aliphatic carbocycles. The van der Waals surface area contributed by atoms with Gasteiger partial charge in [-0.1, -0.05) is 78.5 Å². The van der Waals surface area contributed by atoms with E-state index in [-0.39, 0.29) is 23.6 Å². The summed E-state index contributed by atoms with van der Waals surface area (Å²) in [5, 5.41) is 0.499. The average Bonchev–Trinajstić information content (AvgIpc) is 3.14. The number of thioether (sulfide) groups is 1. The van der Waals surface area contributed by atoms with Crippen LogP contribution in [0.15, 0.2) is 102 Å². The summed E-state index contributed by atoms with van der Waals surface area (Å²) in [5.41, 5.74) is 2.83. The van der Waals surface area contributed by atoms with E-state index in [1.165, 1.54) is 11.8 Å². The maximum absolute atomic E-state index is 13.3. The molecular formula is C27H25N3O2S. The third kappa shape index (κ3) is 5.23. The van der Waals surface area contributed by atoms with E-state index in [1.807, 2.05) is 105 Å². The summed E-state index contributed by atoms with van der Waals surface area (Å²) in [5.74, 6) is -0.0742. The molecule has 0 aromatic heterocycles. The monoisotopic (exact) mass is 455 g/mol. The zero-order valence-electron chi connectivity index (χ0n) is 18.6. The highest BCUT2D eigenvalue weighted by atomic mass is 32.2. The van der Waals surface area contributed by atoms with Gasteiger partial charge in [0.15, 0.2) is 5.17 Å². The van der Waals surface area contributed by atoms with E-state index in [2.05, 4.69) is 4.99 Å². The van der Waals surface area contributed by atoms with E-state index in [1.54, 1.807) is 15.9 Å². The maximum atomic E-state index is 13.3. The minimum Gasteiger partial charge on any atom is -0.309 e. The Bertz CT molecular complexity index is 1180. The predicted octanol–water partition coefficient (Wildman–Crippen LogP) is 5.61. The summed E-state index contributed by atoms with van der Waals surface area (Å²) in [4.78, 5) is 34.4. The first kappa shape index (κ1) is 22.6. The average molecular weight is 456 g/mol. The van der Waals surface area contributed by atoms with E-state index < -0.39 is 0 Å².